The Bertz CT molecular complexity index is 377. The second kappa shape index (κ2) is 5.05. The van der Waals surface area contributed by atoms with Crippen molar-refractivity contribution < 1.29 is 5.11 Å². The molecule has 1 aromatic rings. The van der Waals surface area contributed by atoms with Crippen LogP contribution in [0.3, 0.4) is 0 Å². The van der Waals surface area contributed by atoms with Crippen LogP contribution < -0.4 is 5.32 Å². The maximum absolute atomic E-state index is 10.4. The average molecular weight is 305 g/mol. The molecule has 1 fully saturated rings. The van der Waals surface area contributed by atoms with E-state index >= 15 is 0 Å². The van der Waals surface area contributed by atoms with E-state index in [0.717, 1.165) is 36.0 Å². The number of hydrogen-bond donors (Lipinski definition) is 2. The molecule has 1 saturated heterocycles. The van der Waals surface area contributed by atoms with E-state index in [1.165, 1.54) is 0 Å². The standard InChI is InChI=1S/C12H15BrClNO/c13-11-7-10(14)2-1-9(11)8-12(16)3-5-15-6-4-12/h1-2,7,15-16H,3-6,8H2. The van der Waals surface area contributed by atoms with Crippen molar-refractivity contribution in [2.45, 2.75) is 24.9 Å². The molecule has 4 heteroatoms. The Balaban J connectivity index is 2.13. The zero-order chi connectivity index (χ0) is 11.6. The number of hydrogen-bond acceptors (Lipinski definition) is 2. The van der Waals surface area contributed by atoms with E-state index in [0.29, 0.717) is 11.4 Å². The van der Waals surface area contributed by atoms with Crippen molar-refractivity contribution >= 4 is 27.5 Å². The van der Waals surface area contributed by atoms with E-state index in [4.69, 9.17) is 11.6 Å². The molecule has 16 heavy (non-hydrogen) atoms. The molecular weight excluding hydrogens is 289 g/mol. The molecule has 0 bridgehead atoms. The molecule has 2 N–H and O–H groups in total. The molecule has 0 saturated carbocycles. The normalized spacial score (nSPS) is 19.7. The third-order valence-corrected chi connectivity index (χ3v) is 4.04. The lowest BCUT2D eigenvalue weighted by molar-refractivity contribution is 0.0107. The topological polar surface area (TPSA) is 32.3 Å². The summed E-state index contributed by atoms with van der Waals surface area (Å²) in [4.78, 5) is 0. The van der Waals surface area contributed by atoms with Gasteiger partial charge >= 0.3 is 0 Å². The third-order valence-electron chi connectivity index (χ3n) is 3.07. The molecule has 0 unspecified atom stereocenters. The van der Waals surface area contributed by atoms with Crippen molar-refractivity contribution in [2.75, 3.05) is 13.1 Å². The van der Waals surface area contributed by atoms with Gasteiger partial charge in [-0.2, -0.15) is 0 Å². The first-order chi connectivity index (χ1) is 7.59. The number of benzene rings is 1. The van der Waals surface area contributed by atoms with Crippen LogP contribution in [0.2, 0.25) is 5.02 Å². The van der Waals surface area contributed by atoms with Crippen molar-refractivity contribution in [1.29, 1.82) is 0 Å². The molecule has 2 rings (SSSR count). The molecule has 1 aromatic carbocycles. The van der Waals surface area contributed by atoms with E-state index in [1.807, 2.05) is 18.2 Å². The van der Waals surface area contributed by atoms with E-state index in [9.17, 15) is 5.11 Å². The predicted octanol–water partition coefficient (Wildman–Crippen LogP) is 2.76. The fourth-order valence-corrected chi connectivity index (χ4v) is 2.91. The molecule has 1 aliphatic heterocycles. The van der Waals surface area contributed by atoms with Gasteiger partial charge in [0.1, 0.15) is 0 Å². The van der Waals surface area contributed by atoms with Crippen LogP contribution >= 0.6 is 27.5 Å². The molecule has 0 radical (unpaired) electrons. The SMILES string of the molecule is OC1(Cc2ccc(Cl)cc2Br)CCNCC1. The Kier molecular flexibility index (Phi) is 3.90. The summed E-state index contributed by atoms with van der Waals surface area (Å²) < 4.78 is 0.979. The summed E-state index contributed by atoms with van der Waals surface area (Å²) in [6.45, 7) is 1.78. The van der Waals surface area contributed by atoms with Crippen molar-refractivity contribution in [3.05, 3.63) is 33.3 Å². The van der Waals surface area contributed by atoms with Crippen LogP contribution in [0.4, 0.5) is 0 Å². The quantitative estimate of drug-likeness (QED) is 0.880. The minimum Gasteiger partial charge on any atom is -0.389 e. The summed E-state index contributed by atoms with van der Waals surface area (Å²) in [5.41, 5.74) is 0.551. The van der Waals surface area contributed by atoms with Crippen molar-refractivity contribution in [3.63, 3.8) is 0 Å². The number of piperidine rings is 1. The summed E-state index contributed by atoms with van der Waals surface area (Å²) in [6, 6.07) is 5.72. The first-order valence-corrected chi connectivity index (χ1v) is 6.63. The van der Waals surface area contributed by atoms with Gasteiger partial charge in [-0.15, -0.1) is 0 Å². The van der Waals surface area contributed by atoms with Crippen molar-refractivity contribution in [3.8, 4) is 0 Å². The smallest absolute Gasteiger partial charge is 0.0712 e. The van der Waals surface area contributed by atoms with Gasteiger partial charge in [0.15, 0.2) is 0 Å². The van der Waals surface area contributed by atoms with Crippen LogP contribution in [0.25, 0.3) is 0 Å². The van der Waals surface area contributed by atoms with Gasteiger partial charge in [-0.1, -0.05) is 33.6 Å². The Morgan fingerprint density at radius 1 is 1.38 bits per heavy atom. The molecule has 1 aliphatic rings. The highest BCUT2D eigenvalue weighted by Crippen LogP contribution is 2.29. The van der Waals surface area contributed by atoms with Gasteiger partial charge in [0, 0.05) is 15.9 Å². The van der Waals surface area contributed by atoms with Crippen LogP contribution in [-0.2, 0) is 6.42 Å². The second-order valence-corrected chi connectivity index (χ2v) is 5.68. The van der Waals surface area contributed by atoms with E-state index in [2.05, 4.69) is 21.2 Å². The molecule has 0 aromatic heterocycles. The lowest BCUT2D eigenvalue weighted by Gasteiger charge is -2.33. The lowest BCUT2D eigenvalue weighted by Crippen LogP contribution is -2.43. The maximum atomic E-state index is 10.4. The van der Waals surface area contributed by atoms with Crippen molar-refractivity contribution in [1.82, 2.24) is 5.32 Å². The van der Waals surface area contributed by atoms with Crippen LogP contribution in [0.1, 0.15) is 18.4 Å². The largest absolute Gasteiger partial charge is 0.389 e. The van der Waals surface area contributed by atoms with Crippen LogP contribution in [-0.4, -0.2) is 23.8 Å². The van der Waals surface area contributed by atoms with Crippen LogP contribution in [0, 0.1) is 0 Å². The third kappa shape index (κ3) is 2.98. The van der Waals surface area contributed by atoms with E-state index in [1.54, 1.807) is 0 Å². The molecular formula is C12H15BrClNO. The average Bonchev–Trinajstić information content (AvgIpc) is 2.23. The molecule has 0 spiro atoms. The summed E-state index contributed by atoms with van der Waals surface area (Å²) in [5.74, 6) is 0. The minimum atomic E-state index is -0.568. The van der Waals surface area contributed by atoms with Gasteiger partial charge in [-0.25, -0.2) is 0 Å². The summed E-state index contributed by atoms with van der Waals surface area (Å²) >= 11 is 9.38. The maximum Gasteiger partial charge on any atom is 0.0712 e. The first-order valence-electron chi connectivity index (χ1n) is 5.46. The van der Waals surface area contributed by atoms with Crippen LogP contribution in [0.15, 0.2) is 22.7 Å². The van der Waals surface area contributed by atoms with Gasteiger partial charge in [-0.3, -0.25) is 0 Å². The Morgan fingerprint density at radius 2 is 2.06 bits per heavy atom. The Hall–Kier alpha value is -0.0900. The molecule has 1 heterocycles. The monoisotopic (exact) mass is 303 g/mol. The zero-order valence-corrected chi connectivity index (χ0v) is 11.3. The molecule has 88 valence electrons. The molecule has 0 amide bonds. The van der Waals surface area contributed by atoms with Crippen LogP contribution in [0.5, 0.6) is 0 Å². The second-order valence-electron chi connectivity index (χ2n) is 4.39. The molecule has 2 nitrogen and oxygen atoms in total. The minimum absolute atomic E-state index is 0.568. The summed E-state index contributed by atoms with van der Waals surface area (Å²) in [5, 5.41) is 14.4. The van der Waals surface area contributed by atoms with E-state index in [-0.39, 0.29) is 0 Å². The first kappa shape index (κ1) is 12.4. The highest BCUT2D eigenvalue weighted by Gasteiger charge is 2.29. The molecule has 0 aliphatic carbocycles. The highest BCUT2D eigenvalue weighted by molar-refractivity contribution is 9.10. The van der Waals surface area contributed by atoms with Gasteiger partial charge in [0.25, 0.3) is 0 Å². The van der Waals surface area contributed by atoms with Gasteiger partial charge in [0.2, 0.25) is 0 Å². The number of halogens is 2. The number of nitrogens with one attached hydrogen (secondary N) is 1. The number of aliphatic hydroxyl groups is 1. The fraction of sp³-hybridized carbons (Fsp3) is 0.500. The van der Waals surface area contributed by atoms with Gasteiger partial charge in [-0.05, 0) is 43.6 Å². The summed E-state index contributed by atoms with van der Waals surface area (Å²) in [6.07, 6.45) is 2.30. The zero-order valence-electron chi connectivity index (χ0n) is 8.97. The Morgan fingerprint density at radius 3 is 2.69 bits per heavy atom. The van der Waals surface area contributed by atoms with E-state index < -0.39 is 5.60 Å². The highest BCUT2D eigenvalue weighted by atomic mass is 79.9. The number of rotatable bonds is 2. The predicted molar refractivity (Wildman–Crippen MR) is 69.9 cm³/mol. The van der Waals surface area contributed by atoms with Crippen molar-refractivity contribution in [2.24, 2.45) is 0 Å². The summed E-state index contributed by atoms with van der Waals surface area (Å²) in [7, 11) is 0. The fourth-order valence-electron chi connectivity index (χ4n) is 2.09. The molecule has 0 atom stereocenters. The van der Waals surface area contributed by atoms with Gasteiger partial charge in [0.05, 0.1) is 5.60 Å². The van der Waals surface area contributed by atoms with Gasteiger partial charge < -0.3 is 10.4 Å². The Labute approximate surface area is 109 Å². The lowest BCUT2D eigenvalue weighted by atomic mass is 9.86.